The third-order valence-corrected chi connectivity index (χ3v) is 1.26. The van der Waals surface area contributed by atoms with Crippen molar-refractivity contribution >= 4 is 5.97 Å². The van der Waals surface area contributed by atoms with E-state index in [2.05, 4.69) is 11.3 Å². The second kappa shape index (κ2) is 4.10. The molecule has 0 aliphatic rings. The molecule has 1 unspecified atom stereocenters. The van der Waals surface area contributed by atoms with Crippen LogP contribution in [-0.2, 0) is 9.53 Å². The first kappa shape index (κ1) is 10.1. The van der Waals surface area contributed by atoms with Crippen molar-refractivity contribution in [3.63, 3.8) is 0 Å². The Kier molecular flexibility index (Phi) is 3.78. The molecule has 0 heterocycles. The lowest BCUT2D eigenvalue weighted by molar-refractivity contribution is -0.219. The molecule has 4 heteroatoms. The molecule has 64 valence electrons. The van der Waals surface area contributed by atoms with E-state index >= 15 is 0 Å². The monoisotopic (exact) mass is 160 g/mol. The van der Waals surface area contributed by atoms with E-state index in [9.17, 15) is 9.90 Å². The Morgan fingerprint density at radius 3 is 2.64 bits per heavy atom. The van der Waals surface area contributed by atoms with Crippen LogP contribution in [0.3, 0.4) is 0 Å². The minimum atomic E-state index is -1.76. The molecule has 0 spiro atoms. The molecule has 11 heavy (non-hydrogen) atoms. The largest absolute Gasteiger partial charge is 0.428 e. The molecule has 1 atom stereocenters. The van der Waals surface area contributed by atoms with Gasteiger partial charge in [0.15, 0.2) is 0 Å². The molecule has 0 aliphatic heterocycles. The van der Waals surface area contributed by atoms with Crippen LogP contribution in [-0.4, -0.2) is 28.6 Å². The topological polar surface area (TPSA) is 66.8 Å². The number of esters is 1. The van der Waals surface area contributed by atoms with Gasteiger partial charge in [-0.2, -0.15) is 0 Å². The fourth-order valence-corrected chi connectivity index (χ4v) is 0.445. The Morgan fingerprint density at radius 1 is 1.82 bits per heavy atom. The van der Waals surface area contributed by atoms with E-state index in [0.29, 0.717) is 0 Å². The minimum absolute atomic E-state index is 0.142. The molecule has 0 saturated heterocycles. The predicted molar refractivity (Wildman–Crippen MR) is 38.6 cm³/mol. The van der Waals surface area contributed by atoms with Crippen LogP contribution in [0.4, 0.5) is 0 Å². The maximum Gasteiger partial charge on any atom is 0.332 e. The third-order valence-electron chi connectivity index (χ3n) is 1.26. The molecule has 0 aromatic heterocycles. The van der Waals surface area contributed by atoms with Crippen LogP contribution in [0, 0.1) is 0 Å². The van der Waals surface area contributed by atoms with Crippen molar-refractivity contribution in [2.45, 2.75) is 19.1 Å². The number of aliphatic hydroxyl groups excluding tert-OH is 1. The summed E-state index contributed by atoms with van der Waals surface area (Å²) in [5.41, 5.74) is 0. The third kappa shape index (κ3) is 3.15. The van der Waals surface area contributed by atoms with Crippen molar-refractivity contribution in [2.24, 2.45) is 0 Å². The quantitative estimate of drug-likeness (QED) is 0.340. The molecule has 0 aromatic carbocycles. The van der Waals surface area contributed by atoms with Gasteiger partial charge in [-0.1, -0.05) is 13.5 Å². The van der Waals surface area contributed by atoms with Gasteiger partial charge in [-0.25, -0.2) is 4.79 Å². The normalized spacial score (nSPS) is 15.2. The van der Waals surface area contributed by atoms with Gasteiger partial charge in [0, 0.05) is 12.5 Å². The summed E-state index contributed by atoms with van der Waals surface area (Å²) in [6.45, 7) is 4.13. The van der Waals surface area contributed by atoms with Gasteiger partial charge in [-0.15, -0.1) is 0 Å². The second-order valence-electron chi connectivity index (χ2n) is 2.08. The van der Waals surface area contributed by atoms with Crippen molar-refractivity contribution in [3.05, 3.63) is 12.7 Å². The minimum Gasteiger partial charge on any atom is -0.428 e. The number of hydrogen-bond donors (Lipinski definition) is 2. The fourth-order valence-electron chi connectivity index (χ4n) is 0.445. The van der Waals surface area contributed by atoms with Crippen molar-refractivity contribution < 1.29 is 19.7 Å². The molecule has 4 nitrogen and oxygen atoms in total. The molecule has 0 fully saturated rings. The number of rotatable bonds is 4. The lowest BCUT2D eigenvalue weighted by Gasteiger charge is -2.22. The number of carbonyl (C=O) groups excluding carboxylic acids is 1. The van der Waals surface area contributed by atoms with Gasteiger partial charge in [0.2, 0.25) is 5.79 Å². The van der Waals surface area contributed by atoms with E-state index < -0.39 is 18.4 Å². The Balaban J connectivity index is 4.06. The summed E-state index contributed by atoms with van der Waals surface area (Å²) in [4.78, 5) is 10.5. The highest BCUT2D eigenvalue weighted by molar-refractivity contribution is 5.81. The maximum absolute atomic E-state index is 10.5. The maximum atomic E-state index is 10.5. The average Bonchev–Trinajstić information content (AvgIpc) is 2.04. The van der Waals surface area contributed by atoms with Crippen molar-refractivity contribution in [1.82, 2.24) is 0 Å². The van der Waals surface area contributed by atoms with E-state index in [1.54, 1.807) is 6.92 Å². The van der Waals surface area contributed by atoms with Gasteiger partial charge in [0.25, 0.3) is 0 Å². The summed E-state index contributed by atoms with van der Waals surface area (Å²) in [5.74, 6) is -2.51. The van der Waals surface area contributed by atoms with Crippen molar-refractivity contribution in [1.29, 1.82) is 0 Å². The standard InChI is InChI=1S/C7H12O4/c1-3-6(9)11-7(10,4-2)5-8/h3,8,10H,1,4-5H2,2H3. The van der Waals surface area contributed by atoms with Gasteiger partial charge < -0.3 is 14.9 Å². The lowest BCUT2D eigenvalue weighted by Crippen LogP contribution is -2.37. The van der Waals surface area contributed by atoms with Gasteiger partial charge >= 0.3 is 5.97 Å². The molecule has 0 saturated carbocycles. The van der Waals surface area contributed by atoms with Crippen molar-refractivity contribution in [2.75, 3.05) is 6.61 Å². The zero-order chi connectivity index (χ0) is 8.91. The Labute approximate surface area is 65.1 Å². The SMILES string of the molecule is C=CC(=O)OC(O)(CC)CO. The van der Waals surface area contributed by atoms with Crippen LogP contribution in [0.1, 0.15) is 13.3 Å². The first-order chi connectivity index (χ1) is 5.08. The highest BCUT2D eigenvalue weighted by atomic mass is 16.7. The van der Waals surface area contributed by atoms with Gasteiger partial charge in [0.05, 0.1) is 0 Å². The van der Waals surface area contributed by atoms with E-state index in [-0.39, 0.29) is 6.42 Å². The van der Waals surface area contributed by atoms with E-state index in [1.807, 2.05) is 0 Å². The Hall–Kier alpha value is -0.870. The summed E-state index contributed by atoms with van der Waals surface area (Å²) in [5, 5.41) is 17.8. The first-order valence-electron chi connectivity index (χ1n) is 3.26. The molecular weight excluding hydrogens is 148 g/mol. The van der Waals surface area contributed by atoms with E-state index in [1.165, 1.54) is 0 Å². The fraction of sp³-hybridized carbons (Fsp3) is 0.571. The summed E-state index contributed by atoms with van der Waals surface area (Å²) in [6, 6.07) is 0. The van der Waals surface area contributed by atoms with Crippen LogP contribution >= 0.6 is 0 Å². The predicted octanol–water partition coefficient (Wildman–Crippen LogP) is -0.193. The van der Waals surface area contributed by atoms with E-state index in [0.717, 1.165) is 6.08 Å². The van der Waals surface area contributed by atoms with Crippen LogP contribution in [0.2, 0.25) is 0 Å². The summed E-state index contributed by atoms with van der Waals surface area (Å²) in [7, 11) is 0. The Morgan fingerprint density at radius 2 is 2.36 bits per heavy atom. The second-order valence-corrected chi connectivity index (χ2v) is 2.08. The summed E-state index contributed by atoms with van der Waals surface area (Å²) < 4.78 is 4.43. The summed E-state index contributed by atoms with van der Waals surface area (Å²) in [6.07, 6.45) is 1.07. The molecular formula is C7H12O4. The van der Waals surface area contributed by atoms with E-state index in [4.69, 9.17) is 5.11 Å². The number of ether oxygens (including phenoxy) is 1. The first-order valence-corrected chi connectivity index (χ1v) is 3.26. The average molecular weight is 160 g/mol. The molecule has 0 radical (unpaired) electrons. The molecule has 0 rings (SSSR count). The highest BCUT2D eigenvalue weighted by Crippen LogP contribution is 2.10. The van der Waals surface area contributed by atoms with Gasteiger partial charge in [-0.05, 0) is 0 Å². The van der Waals surface area contributed by atoms with Crippen LogP contribution in [0.25, 0.3) is 0 Å². The highest BCUT2D eigenvalue weighted by Gasteiger charge is 2.27. The van der Waals surface area contributed by atoms with Crippen LogP contribution < -0.4 is 0 Å². The molecule has 0 bridgehead atoms. The van der Waals surface area contributed by atoms with Crippen molar-refractivity contribution in [3.8, 4) is 0 Å². The van der Waals surface area contributed by atoms with Gasteiger partial charge in [-0.3, -0.25) is 0 Å². The number of carbonyl (C=O) groups is 1. The number of aliphatic hydroxyl groups is 2. The molecule has 2 N–H and O–H groups in total. The smallest absolute Gasteiger partial charge is 0.332 e. The zero-order valence-electron chi connectivity index (χ0n) is 6.41. The Bertz CT molecular complexity index is 149. The molecule has 0 aromatic rings. The van der Waals surface area contributed by atoms with Crippen LogP contribution in [0.15, 0.2) is 12.7 Å². The van der Waals surface area contributed by atoms with Crippen LogP contribution in [0.5, 0.6) is 0 Å². The lowest BCUT2D eigenvalue weighted by atomic mass is 10.2. The summed E-state index contributed by atoms with van der Waals surface area (Å²) >= 11 is 0. The zero-order valence-corrected chi connectivity index (χ0v) is 6.41. The molecule has 0 aliphatic carbocycles. The number of hydrogen-bond acceptors (Lipinski definition) is 4. The van der Waals surface area contributed by atoms with Gasteiger partial charge in [0.1, 0.15) is 6.61 Å². The molecule has 0 amide bonds.